The van der Waals surface area contributed by atoms with Crippen LogP contribution >= 0.6 is 11.6 Å². The Hall–Kier alpha value is -1.95. The zero-order valence-electron chi connectivity index (χ0n) is 14.2. The van der Waals surface area contributed by atoms with E-state index in [2.05, 4.69) is 12.2 Å². The lowest BCUT2D eigenvalue weighted by Crippen LogP contribution is -2.31. The monoisotopic (exact) mass is 357 g/mol. The molecule has 0 saturated heterocycles. The average Bonchev–Trinajstić information content (AvgIpc) is 2.54. The molecule has 0 saturated carbocycles. The second-order valence-corrected chi connectivity index (χ2v) is 5.78. The lowest BCUT2D eigenvalue weighted by Gasteiger charge is -2.15. The van der Waals surface area contributed by atoms with Crippen molar-refractivity contribution < 1.29 is 24.2 Å². The van der Waals surface area contributed by atoms with Gasteiger partial charge in [0.15, 0.2) is 11.5 Å². The number of benzene rings is 1. The minimum absolute atomic E-state index is 0.0322. The van der Waals surface area contributed by atoms with Crippen molar-refractivity contribution >= 4 is 23.5 Å². The standard InChI is InChI=1S/C17H24ClNO5/c1-4-6-7-24-15-13(18)8-12(9-14(15)23-5-2)16(20)19-10-11(3)17(21)22/h8-9,11H,4-7,10H2,1-3H3,(H,19,20)(H,21,22). The minimum Gasteiger partial charge on any atom is -0.490 e. The van der Waals surface area contributed by atoms with Gasteiger partial charge in [-0.15, -0.1) is 0 Å². The maximum atomic E-state index is 12.2. The van der Waals surface area contributed by atoms with E-state index in [-0.39, 0.29) is 11.6 Å². The van der Waals surface area contributed by atoms with Crippen LogP contribution in [0.3, 0.4) is 0 Å². The zero-order valence-corrected chi connectivity index (χ0v) is 15.0. The number of halogens is 1. The molecule has 1 aromatic rings. The second kappa shape index (κ2) is 10.0. The van der Waals surface area contributed by atoms with Gasteiger partial charge in [0.2, 0.25) is 0 Å². The molecule has 134 valence electrons. The second-order valence-electron chi connectivity index (χ2n) is 5.37. The number of unbranched alkanes of at least 4 members (excludes halogenated alkanes) is 1. The third kappa shape index (κ3) is 5.92. The fraction of sp³-hybridized carbons (Fsp3) is 0.529. The quantitative estimate of drug-likeness (QED) is 0.627. The summed E-state index contributed by atoms with van der Waals surface area (Å²) in [7, 11) is 0. The highest BCUT2D eigenvalue weighted by molar-refractivity contribution is 6.32. The molecule has 24 heavy (non-hydrogen) atoms. The van der Waals surface area contributed by atoms with E-state index < -0.39 is 17.8 Å². The van der Waals surface area contributed by atoms with Crippen LogP contribution in [0.5, 0.6) is 11.5 Å². The predicted octanol–water partition coefficient (Wildman–Crippen LogP) is 3.37. The molecule has 0 aliphatic rings. The van der Waals surface area contributed by atoms with Crippen molar-refractivity contribution in [3.8, 4) is 11.5 Å². The van der Waals surface area contributed by atoms with Gasteiger partial charge in [0, 0.05) is 12.1 Å². The number of carboxylic acid groups (broad SMARTS) is 1. The van der Waals surface area contributed by atoms with Gasteiger partial charge in [-0.3, -0.25) is 9.59 Å². The normalized spacial score (nSPS) is 11.7. The molecule has 7 heteroatoms. The molecule has 0 aromatic heterocycles. The van der Waals surface area contributed by atoms with Gasteiger partial charge in [-0.1, -0.05) is 31.9 Å². The van der Waals surface area contributed by atoms with E-state index in [1.807, 2.05) is 6.92 Å². The van der Waals surface area contributed by atoms with Crippen molar-refractivity contribution in [3.05, 3.63) is 22.7 Å². The maximum absolute atomic E-state index is 12.2. The molecule has 0 fully saturated rings. The van der Waals surface area contributed by atoms with Gasteiger partial charge in [-0.05, 0) is 25.5 Å². The van der Waals surface area contributed by atoms with Crippen LogP contribution in [0, 0.1) is 5.92 Å². The molecule has 2 N–H and O–H groups in total. The van der Waals surface area contributed by atoms with Crippen LogP contribution in [0.15, 0.2) is 12.1 Å². The first-order valence-corrected chi connectivity index (χ1v) is 8.38. The van der Waals surface area contributed by atoms with E-state index in [1.165, 1.54) is 13.0 Å². The van der Waals surface area contributed by atoms with E-state index in [4.69, 9.17) is 26.2 Å². The summed E-state index contributed by atoms with van der Waals surface area (Å²) in [5, 5.41) is 11.7. The lowest BCUT2D eigenvalue weighted by molar-refractivity contribution is -0.140. The first-order valence-electron chi connectivity index (χ1n) is 8.00. The van der Waals surface area contributed by atoms with E-state index in [0.717, 1.165) is 12.8 Å². The molecule has 1 atom stereocenters. The number of ether oxygens (including phenoxy) is 2. The number of rotatable bonds is 10. The van der Waals surface area contributed by atoms with Crippen LogP contribution in [0.25, 0.3) is 0 Å². The lowest BCUT2D eigenvalue weighted by atomic mass is 10.1. The summed E-state index contributed by atoms with van der Waals surface area (Å²) in [4.78, 5) is 23.0. The summed E-state index contributed by atoms with van der Waals surface area (Å²) in [6.45, 7) is 6.35. The Balaban J connectivity index is 2.92. The Morgan fingerprint density at radius 1 is 1.29 bits per heavy atom. The van der Waals surface area contributed by atoms with Crippen LogP contribution < -0.4 is 14.8 Å². The fourth-order valence-electron chi connectivity index (χ4n) is 1.86. The number of aliphatic carboxylic acids is 1. The van der Waals surface area contributed by atoms with Crippen LogP contribution in [0.1, 0.15) is 44.0 Å². The summed E-state index contributed by atoms with van der Waals surface area (Å²) in [6.07, 6.45) is 1.88. The van der Waals surface area contributed by atoms with Crippen molar-refractivity contribution in [2.75, 3.05) is 19.8 Å². The molecule has 0 aliphatic carbocycles. The van der Waals surface area contributed by atoms with Gasteiger partial charge in [0.1, 0.15) is 0 Å². The topological polar surface area (TPSA) is 84.9 Å². The van der Waals surface area contributed by atoms with Gasteiger partial charge < -0.3 is 19.9 Å². The summed E-state index contributed by atoms with van der Waals surface area (Å²) < 4.78 is 11.2. The van der Waals surface area contributed by atoms with Crippen molar-refractivity contribution in [1.82, 2.24) is 5.32 Å². The Labute approximate surface area is 147 Å². The first kappa shape index (κ1) is 20.1. The average molecular weight is 358 g/mol. The van der Waals surface area contributed by atoms with Crippen molar-refractivity contribution in [1.29, 1.82) is 0 Å². The predicted molar refractivity (Wildman–Crippen MR) is 92.2 cm³/mol. The van der Waals surface area contributed by atoms with E-state index in [9.17, 15) is 9.59 Å². The molecule has 6 nitrogen and oxygen atoms in total. The Morgan fingerprint density at radius 2 is 2.00 bits per heavy atom. The number of hydrogen-bond donors (Lipinski definition) is 2. The smallest absolute Gasteiger partial charge is 0.308 e. The highest BCUT2D eigenvalue weighted by Crippen LogP contribution is 2.36. The molecule has 1 amide bonds. The first-order chi connectivity index (χ1) is 11.4. The number of nitrogens with one attached hydrogen (secondary N) is 1. The number of carbonyl (C=O) groups excluding carboxylic acids is 1. The highest BCUT2D eigenvalue weighted by atomic mass is 35.5. The van der Waals surface area contributed by atoms with Crippen molar-refractivity contribution in [2.24, 2.45) is 5.92 Å². The Kier molecular flexibility index (Phi) is 8.40. The summed E-state index contributed by atoms with van der Waals surface area (Å²) >= 11 is 6.23. The van der Waals surface area contributed by atoms with Crippen LogP contribution in [-0.2, 0) is 4.79 Å². The SMILES string of the molecule is CCCCOc1c(Cl)cc(C(=O)NCC(C)C(=O)O)cc1OCC. The molecule has 1 unspecified atom stereocenters. The summed E-state index contributed by atoms with van der Waals surface area (Å²) in [5.41, 5.74) is 0.295. The molecule has 1 rings (SSSR count). The molecular weight excluding hydrogens is 334 g/mol. The zero-order chi connectivity index (χ0) is 18.1. The molecule has 1 aromatic carbocycles. The van der Waals surface area contributed by atoms with Crippen molar-refractivity contribution in [3.63, 3.8) is 0 Å². The Morgan fingerprint density at radius 3 is 2.58 bits per heavy atom. The van der Waals surface area contributed by atoms with Gasteiger partial charge in [0.25, 0.3) is 5.91 Å². The number of amides is 1. The molecule has 0 radical (unpaired) electrons. The minimum atomic E-state index is -0.969. The van der Waals surface area contributed by atoms with Gasteiger partial charge >= 0.3 is 5.97 Å². The van der Waals surface area contributed by atoms with Crippen molar-refractivity contribution in [2.45, 2.75) is 33.6 Å². The van der Waals surface area contributed by atoms with E-state index in [1.54, 1.807) is 6.07 Å². The number of carboxylic acids is 1. The van der Waals surface area contributed by atoms with E-state index in [0.29, 0.717) is 30.3 Å². The van der Waals surface area contributed by atoms with Crippen LogP contribution in [-0.4, -0.2) is 36.7 Å². The Bertz CT molecular complexity index is 576. The van der Waals surface area contributed by atoms with E-state index >= 15 is 0 Å². The fourth-order valence-corrected chi connectivity index (χ4v) is 2.12. The molecular formula is C17H24ClNO5. The largest absolute Gasteiger partial charge is 0.490 e. The maximum Gasteiger partial charge on any atom is 0.308 e. The van der Waals surface area contributed by atoms with Crippen LogP contribution in [0.4, 0.5) is 0 Å². The number of hydrogen-bond acceptors (Lipinski definition) is 4. The summed E-state index contributed by atoms with van der Waals surface area (Å²) in [6, 6.07) is 3.05. The third-order valence-electron chi connectivity index (χ3n) is 3.31. The number of carbonyl (C=O) groups is 2. The third-order valence-corrected chi connectivity index (χ3v) is 3.59. The van der Waals surface area contributed by atoms with Gasteiger partial charge in [-0.2, -0.15) is 0 Å². The molecule has 0 spiro atoms. The highest BCUT2D eigenvalue weighted by Gasteiger charge is 2.18. The molecule has 0 heterocycles. The van der Waals surface area contributed by atoms with Gasteiger partial charge in [0.05, 0.1) is 24.2 Å². The summed E-state index contributed by atoms with van der Waals surface area (Å²) in [5.74, 6) is -1.23. The molecule has 0 aliphatic heterocycles. The van der Waals surface area contributed by atoms with Crippen LogP contribution in [0.2, 0.25) is 5.02 Å². The van der Waals surface area contributed by atoms with Gasteiger partial charge in [-0.25, -0.2) is 0 Å². The molecule has 0 bridgehead atoms.